The van der Waals surface area contributed by atoms with Crippen LogP contribution < -0.4 is 5.32 Å². The highest BCUT2D eigenvalue weighted by Crippen LogP contribution is 2.36. The normalized spacial score (nSPS) is 17.6. The summed E-state index contributed by atoms with van der Waals surface area (Å²) in [7, 11) is 0. The Bertz CT molecular complexity index is 427. The van der Waals surface area contributed by atoms with Crippen molar-refractivity contribution in [2.24, 2.45) is 0 Å². The third-order valence-electron chi connectivity index (χ3n) is 3.11. The van der Waals surface area contributed by atoms with E-state index in [-0.39, 0.29) is 11.1 Å². The van der Waals surface area contributed by atoms with Gasteiger partial charge < -0.3 is 10.4 Å². The van der Waals surface area contributed by atoms with E-state index in [2.05, 4.69) is 12.2 Å². The predicted molar refractivity (Wildman–Crippen MR) is 64.3 cm³/mol. The summed E-state index contributed by atoms with van der Waals surface area (Å²) in [6, 6.07) is 4.81. The highest BCUT2D eigenvalue weighted by atomic mass is 35.5. The minimum Gasteiger partial charge on any atom is -0.478 e. The van der Waals surface area contributed by atoms with Crippen molar-refractivity contribution in [2.75, 3.05) is 5.32 Å². The van der Waals surface area contributed by atoms with Gasteiger partial charge in [0.15, 0.2) is 0 Å². The summed E-state index contributed by atoms with van der Waals surface area (Å²) in [5.41, 5.74) is 0.911. The summed E-state index contributed by atoms with van der Waals surface area (Å²) < 4.78 is 0. The molecule has 4 heteroatoms. The molecule has 3 nitrogen and oxygen atoms in total. The molecule has 0 heterocycles. The fraction of sp³-hybridized carbons (Fsp3) is 0.417. The Hall–Kier alpha value is -1.22. The van der Waals surface area contributed by atoms with E-state index in [1.807, 2.05) is 0 Å². The molecule has 2 rings (SSSR count). The van der Waals surface area contributed by atoms with Gasteiger partial charge in [0, 0.05) is 10.6 Å². The third kappa shape index (κ3) is 2.14. The van der Waals surface area contributed by atoms with Gasteiger partial charge in [-0.05, 0) is 44.4 Å². The van der Waals surface area contributed by atoms with E-state index in [0.717, 1.165) is 12.8 Å². The second kappa shape index (κ2) is 3.98. The number of hydrogen-bond acceptors (Lipinski definition) is 2. The maximum absolute atomic E-state index is 11.0. The minimum absolute atomic E-state index is 0.0227. The van der Waals surface area contributed by atoms with Crippen molar-refractivity contribution in [1.82, 2.24) is 0 Å². The Kier molecular flexibility index (Phi) is 2.80. The second-order valence-electron chi connectivity index (χ2n) is 4.53. The van der Waals surface area contributed by atoms with Crippen LogP contribution in [0.1, 0.15) is 36.5 Å². The molecule has 16 heavy (non-hydrogen) atoms. The van der Waals surface area contributed by atoms with Crippen LogP contribution in [0.15, 0.2) is 18.2 Å². The molecule has 86 valence electrons. The SMILES string of the molecule is CC1(Nc2cc(Cl)ccc2C(=O)O)CCC1. The zero-order valence-corrected chi connectivity index (χ0v) is 9.84. The quantitative estimate of drug-likeness (QED) is 0.850. The van der Waals surface area contributed by atoms with E-state index in [1.165, 1.54) is 12.5 Å². The summed E-state index contributed by atoms with van der Waals surface area (Å²) in [6.45, 7) is 2.10. The largest absolute Gasteiger partial charge is 0.478 e. The lowest BCUT2D eigenvalue weighted by atomic mass is 9.78. The number of halogens is 1. The first-order chi connectivity index (χ1) is 7.50. The van der Waals surface area contributed by atoms with Crippen LogP contribution in [0.4, 0.5) is 5.69 Å². The van der Waals surface area contributed by atoms with Crippen molar-refractivity contribution in [3.05, 3.63) is 28.8 Å². The zero-order chi connectivity index (χ0) is 11.8. The lowest BCUT2D eigenvalue weighted by Crippen LogP contribution is -2.42. The molecule has 0 amide bonds. The van der Waals surface area contributed by atoms with E-state index in [4.69, 9.17) is 16.7 Å². The molecule has 0 aliphatic heterocycles. The van der Waals surface area contributed by atoms with Gasteiger partial charge in [-0.2, -0.15) is 0 Å². The molecule has 0 atom stereocenters. The smallest absolute Gasteiger partial charge is 0.337 e. The molecule has 0 spiro atoms. The molecule has 1 saturated carbocycles. The predicted octanol–water partition coefficient (Wildman–Crippen LogP) is 3.39. The summed E-state index contributed by atoms with van der Waals surface area (Å²) >= 11 is 5.88. The maximum Gasteiger partial charge on any atom is 0.337 e. The van der Waals surface area contributed by atoms with Crippen molar-refractivity contribution < 1.29 is 9.90 Å². The number of carbonyl (C=O) groups is 1. The van der Waals surface area contributed by atoms with Gasteiger partial charge in [-0.15, -0.1) is 0 Å². The lowest BCUT2D eigenvalue weighted by Gasteiger charge is -2.40. The summed E-state index contributed by atoms with van der Waals surface area (Å²) in [5, 5.41) is 12.9. The van der Waals surface area contributed by atoms with E-state index in [9.17, 15) is 4.79 Å². The maximum atomic E-state index is 11.0. The van der Waals surface area contributed by atoms with Crippen LogP contribution in [0.3, 0.4) is 0 Å². The van der Waals surface area contributed by atoms with Gasteiger partial charge in [0.25, 0.3) is 0 Å². The molecule has 1 aromatic rings. The fourth-order valence-corrected chi connectivity index (χ4v) is 2.14. The van der Waals surface area contributed by atoms with Crippen molar-refractivity contribution in [3.63, 3.8) is 0 Å². The number of aromatic carboxylic acids is 1. The minimum atomic E-state index is -0.929. The van der Waals surface area contributed by atoms with Gasteiger partial charge in [-0.1, -0.05) is 11.6 Å². The average Bonchev–Trinajstić information content (AvgIpc) is 2.15. The van der Waals surface area contributed by atoms with E-state index < -0.39 is 5.97 Å². The van der Waals surface area contributed by atoms with Crippen LogP contribution in [0.5, 0.6) is 0 Å². The standard InChI is InChI=1S/C12H14ClNO2/c1-12(5-2-6-12)14-10-7-8(13)3-4-9(10)11(15)16/h3-4,7,14H,2,5-6H2,1H3,(H,15,16). The van der Waals surface area contributed by atoms with Crippen molar-refractivity contribution in [3.8, 4) is 0 Å². The van der Waals surface area contributed by atoms with Crippen LogP contribution in [0.2, 0.25) is 5.02 Å². The Labute approximate surface area is 99.4 Å². The van der Waals surface area contributed by atoms with Gasteiger partial charge in [0.05, 0.1) is 11.3 Å². The Morgan fingerprint density at radius 2 is 2.19 bits per heavy atom. The third-order valence-corrected chi connectivity index (χ3v) is 3.34. The second-order valence-corrected chi connectivity index (χ2v) is 4.97. The Morgan fingerprint density at radius 1 is 1.50 bits per heavy atom. The first kappa shape index (κ1) is 11.3. The first-order valence-corrected chi connectivity index (χ1v) is 5.69. The molecular weight excluding hydrogens is 226 g/mol. The molecule has 1 aliphatic carbocycles. The van der Waals surface area contributed by atoms with Crippen molar-refractivity contribution in [2.45, 2.75) is 31.7 Å². The number of benzene rings is 1. The molecule has 0 saturated heterocycles. The number of carboxylic acids is 1. The van der Waals surface area contributed by atoms with E-state index in [1.54, 1.807) is 12.1 Å². The fourth-order valence-electron chi connectivity index (χ4n) is 1.96. The highest BCUT2D eigenvalue weighted by Gasteiger charge is 2.32. The zero-order valence-electron chi connectivity index (χ0n) is 9.09. The Balaban J connectivity index is 2.30. The number of carboxylic acid groups (broad SMARTS) is 1. The average molecular weight is 240 g/mol. The molecule has 0 unspecified atom stereocenters. The highest BCUT2D eigenvalue weighted by molar-refractivity contribution is 6.31. The molecule has 1 aliphatic rings. The van der Waals surface area contributed by atoms with Gasteiger partial charge in [0.2, 0.25) is 0 Å². The van der Waals surface area contributed by atoms with Gasteiger partial charge in [0.1, 0.15) is 0 Å². The topological polar surface area (TPSA) is 49.3 Å². The molecule has 0 aromatic heterocycles. The molecule has 0 bridgehead atoms. The van der Waals surface area contributed by atoms with Crippen LogP contribution in [-0.2, 0) is 0 Å². The number of rotatable bonds is 3. The first-order valence-electron chi connectivity index (χ1n) is 5.31. The van der Waals surface area contributed by atoms with Crippen molar-refractivity contribution >= 4 is 23.3 Å². The number of hydrogen-bond donors (Lipinski definition) is 2. The Morgan fingerprint density at radius 3 is 2.69 bits per heavy atom. The van der Waals surface area contributed by atoms with Gasteiger partial charge in [-0.3, -0.25) is 0 Å². The van der Waals surface area contributed by atoms with E-state index in [0.29, 0.717) is 10.7 Å². The molecule has 2 N–H and O–H groups in total. The summed E-state index contributed by atoms with van der Waals surface area (Å²) in [6.07, 6.45) is 3.32. The van der Waals surface area contributed by atoms with Gasteiger partial charge >= 0.3 is 5.97 Å². The van der Waals surface area contributed by atoms with Crippen LogP contribution in [0.25, 0.3) is 0 Å². The monoisotopic (exact) mass is 239 g/mol. The summed E-state index contributed by atoms with van der Waals surface area (Å²) in [4.78, 5) is 11.0. The van der Waals surface area contributed by atoms with Gasteiger partial charge in [-0.25, -0.2) is 4.79 Å². The van der Waals surface area contributed by atoms with Crippen LogP contribution in [0, 0.1) is 0 Å². The molecule has 0 radical (unpaired) electrons. The molecule has 1 fully saturated rings. The summed E-state index contributed by atoms with van der Waals surface area (Å²) in [5.74, 6) is -0.929. The van der Waals surface area contributed by atoms with Crippen LogP contribution >= 0.6 is 11.6 Å². The lowest BCUT2D eigenvalue weighted by molar-refractivity contribution is 0.0697. The number of anilines is 1. The number of nitrogens with one attached hydrogen (secondary N) is 1. The van der Waals surface area contributed by atoms with E-state index >= 15 is 0 Å². The molecular formula is C12H14ClNO2. The molecule has 1 aromatic carbocycles. The van der Waals surface area contributed by atoms with Crippen LogP contribution in [-0.4, -0.2) is 16.6 Å². The van der Waals surface area contributed by atoms with Crippen molar-refractivity contribution in [1.29, 1.82) is 0 Å².